The average Bonchev–Trinajstić information content (AvgIpc) is 2.22. The summed E-state index contributed by atoms with van der Waals surface area (Å²) < 4.78 is 10.8. The Balaban J connectivity index is 4.73. The van der Waals surface area contributed by atoms with Crippen molar-refractivity contribution in [1.29, 1.82) is 0 Å². The van der Waals surface area contributed by atoms with Crippen molar-refractivity contribution in [2.24, 2.45) is 0 Å². The Kier molecular flexibility index (Phi) is 7.39. The van der Waals surface area contributed by atoms with Crippen molar-refractivity contribution in [1.82, 2.24) is 5.32 Å². The molecule has 7 heteroatoms. The smallest absolute Gasteiger partial charge is 0.305 e. The lowest BCUT2D eigenvalue weighted by molar-refractivity contribution is -0.139. The van der Waals surface area contributed by atoms with Gasteiger partial charge in [0.15, 0.2) is 8.32 Å². The van der Waals surface area contributed by atoms with Gasteiger partial charge in [-0.25, -0.2) is 0 Å². The predicted octanol–water partition coefficient (Wildman–Crippen LogP) is 1.96. The molecule has 0 aromatic rings. The molecule has 0 aliphatic heterocycles. The molecule has 0 rings (SSSR count). The molecule has 20 heavy (non-hydrogen) atoms. The van der Waals surface area contributed by atoms with E-state index in [9.17, 15) is 9.59 Å². The van der Waals surface area contributed by atoms with E-state index in [0.717, 1.165) is 0 Å². The fraction of sp³-hybridized carbons (Fsp3) is 0.846. The Morgan fingerprint density at radius 1 is 1.25 bits per heavy atom. The lowest BCUT2D eigenvalue weighted by Gasteiger charge is -2.38. The summed E-state index contributed by atoms with van der Waals surface area (Å²) in [5.41, 5.74) is 0. The summed E-state index contributed by atoms with van der Waals surface area (Å²) in [5, 5.41) is 11.5. The molecule has 0 aliphatic rings. The number of methoxy groups -OCH3 is 1. The first-order valence-corrected chi connectivity index (χ1v) is 9.55. The van der Waals surface area contributed by atoms with Crippen molar-refractivity contribution < 1.29 is 23.9 Å². The van der Waals surface area contributed by atoms with E-state index >= 15 is 0 Å². The molecule has 6 nitrogen and oxygen atoms in total. The second kappa shape index (κ2) is 7.75. The molecule has 1 amide bonds. The first-order chi connectivity index (χ1) is 8.99. The van der Waals surface area contributed by atoms with Crippen molar-refractivity contribution in [2.75, 3.05) is 13.8 Å². The highest BCUT2D eigenvalue weighted by molar-refractivity contribution is 6.74. The Hall–Kier alpha value is -0.923. The number of ether oxygens (including phenoxy) is 1. The molecular weight excluding hydrogens is 278 g/mol. The summed E-state index contributed by atoms with van der Waals surface area (Å²) in [5.74, 6) is -1.23. The molecule has 0 bridgehead atoms. The molecule has 118 valence electrons. The SMILES string of the molecule is COCNC(=O)C[C@@H](CC(=O)O)O[Si](C)(C)C(C)(C)C. The maximum Gasteiger partial charge on any atom is 0.305 e. The van der Waals surface area contributed by atoms with Gasteiger partial charge in [-0.15, -0.1) is 0 Å². The molecular formula is C13H27NO5Si. The second-order valence-electron chi connectivity index (χ2n) is 6.34. The number of hydrogen-bond donors (Lipinski definition) is 2. The van der Waals surface area contributed by atoms with Crippen molar-refractivity contribution in [3.05, 3.63) is 0 Å². The van der Waals surface area contributed by atoms with E-state index < -0.39 is 20.4 Å². The van der Waals surface area contributed by atoms with Crippen LogP contribution in [0, 0.1) is 0 Å². The van der Waals surface area contributed by atoms with E-state index in [4.69, 9.17) is 14.3 Å². The van der Waals surface area contributed by atoms with Crippen LogP contribution in [-0.2, 0) is 18.8 Å². The fourth-order valence-electron chi connectivity index (χ4n) is 1.38. The van der Waals surface area contributed by atoms with Gasteiger partial charge in [-0.1, -0.05) is 20.8 Å². The quantitative estimate of drug-likeness (QED) is 0.529. The van der Waals surface area contributed by atoms with Crippen LogP contribution in [0.5, 0.6) is 0 Å². The van der Waals surface area contributed by atoms with Gasteiger partial charge >= 0.3 is 5.97 Å². The molecule has 0 aliphatic carbocycles. The van der Waals surface area contributed by atoms with Gasteiger partial charge in [-0.3, -0.25) is 9.59 Å². The molecule has 0 radical (unpaired) electrons. The summed E-state index contributed by atoms with van der Waals surface area (Å²) in [6.07, 6.45) is -0.750. The van der Waals surface area contributed by atoms with Crippen LogP contribution in [0.3, 0.4) is 0 Å². The minimum atomic E-state index is -2.11. The number of hydrogen-bond acceptors (Lipinski definition) is 4. The third-order valence-corrected chi connectivity index (χ3v) is 8.03. The highest BCUT2D eigenvalue weighted by Crippen LogP contribution is 2.37. The Morgan fingerprint density at radius 3 is 2.20 bits per heavy atom. The Bertz CT molecular complexity index is 338. The second-order valence-corrected chi connectivity index (χ2v) is 11.1. The van der Waals surface area contributed by atoms with E-state index in [1.165, 1.54) is 7.11 Å². The van der Waals surface area contributed by atoms with Crippen LogP contribution in [0.25, 0.3) is 0 Å². The van der Waals surface area contributed by atoms with E-state index in [-0.39, 0.29) is 30.5 Å². The first-order valence-electron chi connectivity index (χ1n) is 6.65. The molecule has 0 spiro atoms. The van der Waals surface area contributed by atoms with Crippen LogP contribution in [0.15, 0.2) is 0 Å². The summed E-state index contributed by atoms with van der Waals surface area (Å²) >= 11 is 0. The lowest BCUT2D eigenvalue weighted by Crippen LogP contribution is -2.45. The van der Waals surface area contributed by atoms with Gasteiger partial charge in [0.05, 0.1) is 18.9 Å². The van der Waals surface area contributed by atoms with Gasteiger partial charge in [-0.2, -0.15) is 0 Å². The Labute approximate surface area is 122 Å². The Morgan fingerprint density at radius 2 is 1.80 bits per heavy atom. The highest BCUT2D eigenvalue weighted by Gasteiger charge is 2.39. The number of carboxylic acid groups (broad SMARTS) is 1. The number of carbonyl (C=O) groups is 2. The van der Waals surface area contributed by atoms with Gasteiger partial charge in [-0.05, 0) is 18.1 Å². The molecule has 0 saturated heterocycles. The van der Waals surface area contributed by atoms with Crippen molar-refractivity contribution in [3.63, 3.8) is 0 Å². The standard InChI is InChI=1S/C13H27NO5Si/c1-13(2,3)20(5,6)19-10(8-12(16)17)7-11(15)14-9-18-4/h10H,7-9H2,1-6H3,(H,14,15)(H,16,17)/t10-/m0/s1. The zero-order valence-corrected chi connectivity index (χ0v) is 14.3. The normalized spacial score (nSPS) is 13.9. The maximum atomic E-state index is 11.7. The van der Waals surface area contributed by atoms with Crippen molar-refractivity contribution >= 4 is 20.2 Å². The number of nitrogens with one attached hydrogen (secondary N) is 1. The van der Waals surface area contributed by atoms with Crippen LogP contribution in [-0.4, -0.2) is 45.2 Å². The van der Waals surface area contributed by atoms with Crippen LogP contribution in [0.4, 0.5) is 0 Å². The summed E-state index contributed by atoms with van der Waals surface area (Å²) in [6, 6.07) is 0. The van der Waals surface area contributed by atoms with Crippen LogP contribution >= 0.6 is 0 Å². The molecule has 0 aromatic carbocycles. The van der Waals surface area contributed by atoms with E-state index in [1.54, 1.807) is 0 Å². The van der Waals surface area contributed by atoms with E-state index in [1.807, 2.05) is 13.1 Å². The van der Waals surface area contributed by atoms with Gasteiger partial charge in [0.2, 0.25) is 5.91 Å². The molecule has 0 fully saturated rings. The molecule has 0 aromatic heterocycles. The van der Waals surface area contributed by atoms with Crippen molar-refractivity contribution in [3.8, 4) is 0 Å². The lowest BCUT2D eigenvalue weighted by atomic mass is 10.2. The van der Waals surface area contributed by atoms with Crippen molar-refractivity contribution in [2.45, 2.75) is 57.8 Å². The van der Waals surface area contributed by atoms with Crippen LogP contribution in [0.2, 0.25) is 18.1 Å². The zero-order chi connectivity index (χ0) is 16.0. The summed E-state index contributed by atoms with van der Waals surface area (Å²) in [4.78, 5) is 22.6. The monoisotopic (exact) mass is 305 g/mol. The number of carboxylic acids is 1. The van der Waals surface area contributed by atoms with Crippen LogP contribution in [0.1, 0.15) is 33.6 Å². The number of carbonyl (C=O) groups excluding carboxylic acids is 1. The first kappa shape index (κ1) is 19.1. The molecule has 1 atom stereocenters. The third kappa shape index (κ3) is 7.02. The number of rotatable bonds is 8. The van der Waals surface area contributed by atoms with E-state index in [2.05, 4.69) is 26.1 Å². The van der Waals surface area contributed by atoms with Gasteiger partial charge in [0.1, 0.15) is 6.73 Å². The fourth-order valence-corrected chi connectivity index (χ4v) is 2.73. The van der Waals surface area contributed by atoms with Gasteiger partial charge in [0, 0.05) is 7.11 Å². The molecule has 0 saturated carbocycles. The molecule has 0 heterocycles. The number of amides is 1. The van der Waals surface area contributed by atoms with Gasteiger partial charge < -0.3 is 19.6 Å². The summed E-state index contributed by atoms with van der Waals surface area (Å²) in [7, 11) is -0.634. The molecule has 2 N–H and O–H groups in total. The molecule has 0 unspecified atom stereocenters. The minimum absolute atomic E-state index is 0.0299. The minimum Gasteiger partial charge on any atom is -0.481 e. The predicted molar refractivity (Wildman–Crippen MR) is 79.0 cm³/mol. The maximum absolute atomic E-state index is 11.7. The topological polar surface area (TPSA) is 84.9 Å². The average molecular weight is 305 g/mol. The zero-order valence-electron chi connectivity index (χ0n) is 13.3. The summed E-state index contributed by atoms with van der Waals surface area (Å²) in [6.45, 7) is 10.4. The van der Waals surface area contributed by atoms with Crippen LogP contribution < -0.4 is 5.32 Å². The third-order valence-electron chi connectivity index (χ3n) is 3.50. The van der Waals surface area contributed by atoms with E-state index in [0.29, 0.717) is 0 Å². The largest absolute Gasteiger partial charge is 0.481 e. The number of aliphatic carboxylic acids is 1. The van der Waals surface area contributed by atoms with Gasteiger partial charge in [0.25, 0.3) is 0 Å². The highest BCUT2D eigenvalue weighted by atomic mass is 28.4.